The molecule has 0 saturated carbocycles. The first-order valence-corrected chi connectivity index (χ1v) is 10.3. The summed E-state index contributed by atoms with van der Waals surface area (Å²) >= 11 is 1.34. The van der Waals surface area contributed by atoms with Crippen molar-refractivity contribution in [2.24, 2.45) is 0 Å². The van der Waals surface area contributed by atoms with Crippen molar-refractivity contribution in [1.29, 1.82) is 0 Å². The van der Waals surface area contributed by atoms with Gasteiger partial charge in [-0.25, -0.2) is 4.98 Å². The van der Waals surface area contributed by atoms with Crippen LogP contribution in [0.2, 0.25) is 0 Å². The third-order valence-corrected chi connectivity index (χ3v) is 5.24. The average Bonchev–Trinajstić information content (AvgIpc) is 3.40. The van der Waals surface area contributed by atoms with E-state index in [0.29, 0.717) is 17.4 Å². The van der Waals surface area contributed by atoms with E-state index in [1.165, 1.54) is 24.3 Å². The second-order valence-corrected chi connectivity index (χ2v) is 7.65. The van der Waals surface area contributed by atoms with Crippen molar-refractivity contribution in [2.45, 2.75) is 13.0 Å². The number of amides is 2. The van der Waals surface area contributed by atoms with E-state index in [-0.39, 0.29) is 17.9 Å². The Morgan fingerprint density at radius 1 is 1.20 bits per heavy atom. The number of thiazole rings is 1. The smallest absolute Gasteiger partial charge is 0.244 e. The molecule has 0 radical (unpaired) electrons. The van der Waals surface area contributed by atoms with Gasteiger partial charge < -0.3 is 9.73 Å². The molecule has 1 unspecified atom stereocenters. The highest BCUT2D eigenvalue weighted by Gasteiger charge is 2.18. The molecular formula is C22H24N4O3S. The van der Waals surface area contributed by atoms with E-state index >= 15 is 0 Å². The SMILES string of the molecule is CC(=O)N(c1ccccc1)c1nc(/C=C/C(=O)NCC(c2ccco2)N(C)C)cs1. The minimum atomic E-state index is -0.227. The van der Waals surface area contributed by atoms with Crippen LogP contribution >= 0.6 is 11.3 Å². The lowest BCUT2D eigenvalue weighted by Crippen LogP contribution is -2.33. The highest BCUT2D eigenvalue weighted by atomic mass is 32.1. The zero-order valence-electron chi connectivity index (χ0n) is 17.1. The van der Waals surface area contributed by atoms with Gasteiger partial charge in [-0.3, -0.25) is 19.4 Å². The van der Waals surface area contributed by atoms with Crippen LogP contribution in [0.5, 0.6) is 0 Å². The normalized spacial score (nSPS) is 12.3. The van der Waals surface area contributed by atoms with Crippen molar-refractivity contribution in [1.82, 2.24) is 15.2 Å². The zero-order valence-corrected chi connectivity index (χ0v) is 17.9. The predicted octanol–water partition coefficient (Wildman–Crippen LogP) is 3.85. The summed E-state index contributed by atoms with van der Waals surface area (Å²) in [5, 5.41) is 5.24. The fraction of sp³-hybridized carbons (Fsp3) is 0.227. The number of nitrogens with zero attached hydrogens (tertiary/aromatic N) is 3. The van der Waals surface area contributed by atoms with E-state index in [2.05, 4.69) is 10.3 Å². The number of hydrogen-bond donors (Lipinski definition) is 1. The fourth-order valence-electron chi connectivity index (χ4n) is 2.90. The minimum Gasteiger partial charge on any atom is -0.468 e. The lowest BCUT2D eigenvalue weighted by molar-refractivity contribution is -0.117. The highest BCUT2D eigenvalue weighted by Crippen LogP contribution is 2.29. The molecule has 7 nitrogen and oxygen atoms in total. The van der Waals surface area contributed by atoms with E-state index in [1.54, 1.807) is 17.2 Å². The molecule has 0 spiro atoms. The summed E-state index contributed by atoms with van der Waals surface area (Å²) in [6.45, 7) is 1.91. The van der Waals surface area contributed by atoms with Gasteiger partial charge in [-0.05, 0) is 44.4 Å². The molecule has 3 aromatic rings. The van der Waals surface area contributed by atoms with Gasteiger partial charge in [-0.1, -0.05) is 18.2 Å². The maximum Gasteiger partial charge on any atom is 0.244 e. The Kier molecular flexibility index (Phi) is 7.16. The summed E-state index contributed by atoms with van der Waals surface area (Å²) in [5.74, 6) is 0.435. The largest absolute Gasteiger partial charge is 0.468 e. The van der Waals surface area contributed by atoms with Crippen LogP contribution in [-0.4, -0.2) is 42.3 Å². The number of rotatable bonds is 8. The lowest BCUT2D eigenvalue weighted by Gasteiger charge is -2.22. The quantitative estimate of drug-likeness (QED) is 0.556. The van der Waals surface area contributed by atoms with Crippen molar-refractivity contribution in [3.05, 3.63) is 71.6 Å². The first-order valence-electron chi connectivity index (χ1n) is 9.42. The summed E-state index contributed by atoms with van der Waals surface area (Å²) in [6.07, 6.45) is 4.69. The Morgan fingerprint density at radius 2 is 1.97 bits per heavy atom. The number of aromatic nitrogens is 1. The van der Waals surface area contributed by atoms with Crippen LogP contribution in [0, 0.1) is 0 Å². The summed E-state index contributed by atoms with van der Waals surface area (Å²) in [5.41, 5.74) is 1.36. The number of nitrogens with one attached hydrogen (secondary N) is 1. The van der Waals surface area contributed by atoms with Gasteiger partial charge in [0.15, 0.2) is 5.13 Å². The average molecular weight is 425 g/mol. The molecule has 0 bridgehead atoms. The van der Waals surface area contributed by atoms with Gasteiger partial charge in [0.05, 0.1) is 23.7 Å². The molecular weight excluding hydrogens is 400 g/mol. The number of hydrogen-bond acceptors (Lipinski definition) is 6. The molecule has 1 aromatic carbocycles. The predicted molar refractivity (Wildman–Crippen MR) is 119 cm³/mol. The van der Waals surface area contributed by atoms with Gasteiger partial charge in [0.25, 0.3) is 0 Å². The first-order chi connectivity index (χ1) is 14.5. The van der Waals surface area contributed by atoms with Crippen LogP contribution in [0.15, 0.2) is 64.6 Å². The van der Waals surface area contributed by atoms with Crippen LogP contribution in [0.4, 0.5) is 10.8 Å². The second kappa shape index (κ2) is 10.00. The Morgan fingerprint density at radius 3 is 2.60 bits per heavy atom. The molecule has 2 heterocycles. The molecule has 0 saturated heterocycles. The molecule has 0 aliphatic rings. The molecule has 2 amide bonds. The Hall–Kier alpha value is -3.23. The molecule has 1 atom stereocenters. The second-order valence-electron chi connectivity index (χ2n) is 6.82. The van der Waals surface area contributed by atoms with E-state index < -0.39 is 0 Å². The first kappa shape index (κ1) is 21.5. The number of anilines is 2. The van der Waals surface area contributed by atoms with E-state index in [0.717, 1.165) is 11.4 Å². The number of carbonyl (C=O) groups is 2. The third-order valence-electron chi connectivity index (χ3n) is 4.40. The van der Waals surface area contributed by atoms with E-state index in [4.69, 9.17) is 4.42 Å². The number of furan rings is 1. The maximum atomic E-state index is 12.2. The van der Waals surface area contributed by atoms with Crippen LogP contribution < -0.4 is 10.2 Å². The molecule has 8 heteroatoms. The number of para-hydroxylation sites is 1. The Balaban J connectivity index is 1.63. The zero-order chi connectivity index (χ0) is 21.5. The van der Waals surface area contributed by atoms with Crippen molar-refractivity contribution in [2.75, 3.05) is 25.5 Å². The third kappa shape index (κ3) is 5.43. The number of carbonyl (C=O) groups excluding carboxylic acids is 2. The van der Waals surface area contributed by atoms with E-state index in [1.807, 2.05) is 66.8 Å². The van der Waals surface area contributed by atoms with Crippen molar-refractivity contribution < 1.29 is 14.0 Å². The van der Waals surface area contributed by atoms with Crippen LogP contribution in [-0.2, 0) is 9.59 Å². The van der Waals surface area contributed by atoms with E-state index in [9.17, 15) is 9.59 Å². The molecule has 0 aliphatic carbocycles. The van der Waals surface area contributed by atoms with Crippen molar-refractivity contribution in [3.8, 4) is 0 Å². The fourth-order valence-corrected chi connectivity index (χ4v) is 3.75. The molecule has 2 aromatic heterocycles. The highest BCUT2D eigenvalue weighted by molar-refractivity contribution is 7.14. The van der Waals surface area contributed by atoms with Crippen LogP contribution in [0.25, 0.3) is 6.08 Å². The topological polar surface area (TPSA) is 78.7 Å². The Bertz CT molecular complexity index is 997. The molecule has 0 aliphatic heterocycles. The van der Waals surface area contributed by atoms with Gasteiger partial charge >= 0.3 is 0 Å². The number of likely N-dealkylation sites (N-methyl/N-ethyl adjacent to an activating group) is 1. The monoisotopic (exact) mass is 424 g/mol. The molecule has 1 N–H and O–H groups in total. The molecule has 30 heavy (non-hydrogen) atoms. The summed E-state index contributed by atoms with van der Waals surface area (Å²) in [6, 6.07) is 13.0. The molecule has 3 rings (SSSR count). The summed E-state index contributed by atoms with van der Waals surface area (Å²) < 4.78 is 5.45. The van der Waals surface area contributed by atoms with Gasteiger partial charge in [-0.2, -0.15) is 0 Å². The van der Waals surface area contributed by atoms with Gasteiger partial charge in [0, 0.05) is 24.9 Å². The molecule has 156 valence electrons. The van der Waals surface area contributed by atoms with Gasteiger partial charge in [-0.15, -0.1) is 11.3 Å². The maximum absolute atomic E-state index is 12.2. The summed E-state index contributed by atoms with van der Waals surface area (Å²) in [7, 11) is 3.86. The molecule has 0 fully saturated rings. The Labute approximate surface area is 179 Å². The standard InChI is InChI=1S/C22H24N4O3S/c1-16(27)26(18-8-5-4-6-9-18)22-24-17(15-30-22)11-12-21(28)23-14-19(25(2)3)20-10-7-13-29-20/h4-13,15,19H,14H2,1-3H3,(H,23,28)/b12-11+. The van der Waals surface area contributed by atoms with Gasteiger partial charge in [0.2, 0.25) is 11.8 Å². The van der Waals surface area contributed by atoms with Gasteiger partial charge in [0.1, 0.15) is 5.76 Å². The van der Waals surface area contributed by atoms with Crippen molar-refractivity contribution >= 4 is 40.0 Å². The van der Waals surface area contributed by atoms with Crippen LogP contribution in [0.3, 0.4) is 0 Å². The summed E-state index contributed by atoms with van der Waals surface area (Å²) in [4.78, 5) is 32.4. The minimum absolute atomic E-state index is 0.0572. The van der Waals surface area contributed by atoms with Crippen molar-refractivity contribution in [3.63, 3.8) is 0 Å². The lowest BCUT2D eigenvalue weighted by atomic mass is 10.2. The van der Waals surface area contributed by atoms with Crippen LogP contribution in [0.1, 0.15) is 24.4 Å². The number of benzene rings is 1.